The second kappa shape index (κ2) is 55.1. The third kappa shape index (κ3) is 33.0. The first-order chi connectivity index (χ1) is 85.3. The van der Waals surface area contributed by atoms with Crippen molar-refractivity contribution in [2.45, 2.75) is 422 Å². The van der Waals surface area contributed by atoms with Crippen molar-refractivity contribution < 1.29 is 178 Å². The van der Waals surface area contributed by atoms with Crippen LogP contribution in [0.15, 0.2) is 119 Å². The van der Waals surface area contributed by atoms with Crippen LogP contribution in [0, 0.1) is 148 Å². The number of fused-ring (bicyclic) bond motifs is 5. The summed E-state index contributed by atoms with van der Waals surface area (Å²) in [6, 6.07) is 0. The van der Waals surface area contributed by atoms with Gasteiger partial charge in [0.1, 0.15) is 61.0 Å². The van der Waals surface area contributed by atoms with E-state index in [4.69, 9.17) is 105 Å². The van der Waals surface area contributed by atoms with Crippen LogP contribution in [0.4, 0.5) is 0 Å². The number of rotatable bonds is 30. The molecule has 10 aliphatic carbocycles. The minimum Gasteiger partial charge on any atom is -0.462 e. The molecule has 25 heteroatoms. The molecule has 0 aromatic heterocycles. The average Bonchev–Trinajstić information content (AvgIpc) is 0.662. The molecule has 0 spiro atoms. The van der Waals surface area contributed by atoms with E-state index in [1.807, 2.05) is 83.2 Å². The highest BCUT2D eigenvalue weighted by Gasteiger charge is 2.50. The third-order valence-electron chi connectivity index (χ3n) is 31.2. The fourth-order valence-electron chi connectivity index (χ4n) is 23.0. The molecular formula is C120H180O25. The van der Waals surface area contributed by atoms with Crippen LogP contribution in [-0.4, -0.2) is 177 Å². The number of aliphatic hydroxyl groups excluding tert-OH is 5. The Balaban J connectivity index is 0.000000217. The van der Waals surface area contributed by atoms with E-state index in [1.165, 1.54) is 6.92 Å². The second-order valence-electron chi connectivity index (χ2n) is 41.8. The quantitative estimate of drug-likeness (QED) is 0.0329. The van der Waals surface area contributed by atoms with Crippen LogP contribution >= 0.6 is 0 Å². The van der Waals surface area contributed by atoms with Crippen LogP contribution in [0.1, 0.15) is 388 Å². The summed E-state index contributed by atoms with van der Waals surface area (Å²) < 4.78 is 382. The molecule has 810 valence electrons. The van der Waals surface area contributed by atoms with Gasteiger partial charge in [-0.15, -0.1) is 0 Å². The average molecular weight is 2060 g/mol. The molecule has 5 saturated heterocycles. The van der Waals surface area contributed by atoms with Gasteiger partial charge in [0, 0.05) is 119 Å². The predicted molar refractivity (Wildman–Crippen MR) is 554 cm³/mol. The molecule has 5 unspecified atom stereocenters. The van der Waals surface area contributed by atoms with Gasteiger partial charge in [-0.05, 0) is 245 Å². The van der Waals surface area contributed by atoms with Gasteiger partial charge in [-0.25, -0.2) is 0 Å². The maximum atomic E-state index is 13.3. The van der Waals surface area contributed by atoms with Crippen molar-refractivity contribution in [3.63, 3.8) is 0 Å². The van der Waals surface area contributed by atoms with Gasteiger partial charge in [-0.3, -0.25) is 47.9 Å². The summed E-state index contributed by atoms with van der Waals surface area (Å²) in [5.41, 5.74) is 3.51. The fourth-order valence-corrected chi connectivity index (χ4v) is 23.0. The normalized spacial score (nSPS) is 45.1. The molecule has 5 fully saturated rings. The van der Waals surface area contributed by atoms with Crippen molar-refractivity contribution in [1.82, 2.24) is 0 Å². The molecule has 15 aliphatic rings. The lowest BCUT2D eigenvalue weighted by atomic mass is 9.65. The Kier molecular flexibility index (Phi) is 26.9. The molecule has 0 bridgehead atoms. The second-order valence-corrected chi connectivity index (χ2v) is 41.8. The van der Waals surface area contributed by atoms with Crippen molar-refractivity contribution in [1.29, 1.82) is 0 Å². The molecule has 5 N–H and O–H groups in total. The number of cyclic esters (lactones) is 5. The highest BCUT2D eigenvalue weighted by molar-refractivity contribution is 5.76. The zero-order chi connectivity index (χ0) is 142. The van der Waals surface area contributed by atoms with Gasteiger partial charge in [0.05, 0.1) is 92.0 Å². The zero-order valence-corrected chi connectivity index (χ0v) is 84.8. The SMILES string of the molecule is [2H]C([2H])([2H])[C@H]1C=C2C=C[C@H](C)[C@H](CCC3C[C@@H](O)C([2H])([2H])C(=O)O3)[C@H]2[C@@H](OC(=O)[C@@H](C([2H])([2H])[2H])C([2H])([2H])C([2H])([2H])[2H])C1.[2H]C([2H])([2H])[C@H]1C=C2C=C[C@H](C)[C@H](CCC3C[C@@H](O)C([2H])([2H])C(=O)O3)[C@H]2[C@@H](OC(=O)[C@@H](C)C([2H])([2H])C([2H])([2H])[2H])C1.[2H]C([2H])([2H])[C@H]1C=C2C=C[C@H](C)[C@H](CCC3C[C@@H](O)C([2H])([2H])C(=O)O3)[C@H]2[C@@H](OC(=O)[C@@H](C)CC)C1.[2H]C([2H])([2H])[C@H]1C=C2C=C[C@H](C)[C@H](CCC3C[C@@H](O)C([2H])([2H])C(=O)O3)[C@H]2[C@@H](OC(=O)[C@@]([2H])(C)CC)C1.[2H]C([2H])([2H])[C@H]1C=C2C=C[C@H](C)[C@H](CCC3C[C@@H](O)C([2H])([2H])C(=O)O3)[C@H]2[C@@H](OC(=O)[C@H](CC)C([2H])([2H])[2H])C1. The molecule has 145 heavy (non-hydrogen) atoms. The number of esters is 10. The minimum absolute atomic E-state index is 0.00369. The summed E-state index contributed by atoms with van der Waals surface area (Å²) in [5.74, 6) is -24.7. The standard InChI is InChI=1S/5C24H36O5/c5*1-5-15(3)24(27)29-21-11-14(2)10-17-7-6-16(4)20(23(17)21)9-8-19-12-18(25)13-22(26)28-19/h5*6-7,10,14-16,18-21,23,25H,5,8-9,11-13H2,1-4H3/t5*14-,15-,16-,18+,19?,20-,21-,23-/m00000/s1/i1D3,2D3,3D3,5D2,13D2;1D3,2D3,5D2,13D2;2D3,13D2,15D;2D3,3D3,13D2;2D3,13D2. The van der Waals surface area contributed by atoms with Crippen LogP contribution in [-0.2, 0) is 95.3 Å². The molecule has 0 radical (unpaired) electrons. The molecule has 0 aromatic rings. The molecule has 25 nitrogen and oxygen atoms in total. The van der Waals surface area contributed by atoms with Crippen molar-refractivity contribution >= 4 is 59.7 Å². The lowest BCUT2D eigenvalue weighted by Gasteiger charge is -2.43. The third-order valence-corrected chi connectivity index (χ3v) is 31.2. The number of carbonyl (C=O) groups excluding carboxylic acids is 10. The summed E-state index contributed by atoms with van der Waals surface area (Å²) in [5, 5.41) is 50.4. The van der Waals surface area contributed by atoms with Crippen molar-refractivity contribution in [2.24, 2.45) is 148 Å². The van der Waals surface area contributed by atoms with E-state index in [0.29, 0.717) is 74.5 Å². The van der Waals surface area contributed by atoms with Gasteiger partial charge in [-0.1, -0.05) is 229 Å². The van der Waals surface area contributed by atoms with E-state index >= 15 is 0 Å². The van der Waals surface area contributed by atoms with E-state index in [-0.39, 0.29) is 179 Å². The van der Waals surface area contributed by atoms with E-state index in [1.54, 1.807) is 63.3 Å². The first-order valence-corrected chi connectivity index (χ1v) is 51.8. The van der Waals surface area contributed by atoms with Gasteiger partial charge in [0.2, 0.25) is 0 Å². The van der Waals surface area contributed by atoms with Gasteiger partial charge in [-0.2, -0.15) is 0 Å². The first kappa shape index (κ1) is 70.9. The predicted octanol–water partition coefficient (Wildman–Crippen LogP) is 21.0. The summed E-state index contributed by atoms with van der Waals surface area (Å²) >= 11 is 0. The molecule has 0 saturated carbocycles. The van der Waals surface area contributed by atoms with Gasteiger partial charge < -0.3 is 72.9 Å². The van der Waals surface area contributed by atoms with Gasteiger partial charge >= 0.3 is 59.7 Å². The Morgan fingerprint density at radius 3 is 0.766 bits per heavy atom. The van der Waals surface area contributed by atoms with E-state index < -0.39 is 317 Å². The van der Waals surface area contributed by atoms with Gasteiger partial charge in [0.25, 0.3) is 0 Å². The Hall–Kier alpha value is -8.10. The van der Waals surface area contributed by atoms with Crippen molar-refractivity contribution in [2.75, 3.05) is 0 Å². The monoisotopic (exact) mass is 2060 g/mol. The molecular weight excluding hydrogens is 1840 g/mol. The summed E-state index contributed by atoms with van der Waals surface area (Å²) in [6.07, 6.45) is -1.93. The Bertz CT molecular complexity index is 6490. The van der Waals surface area contributed by atoms with Crippen LogP contribution in [0.3, 0.4) is 0 Å². The molecule has 5 aliphatic heterocycles. The van der Waals surface area contributed by atoms with Crippen molar-refractivity contribution in [3.8, 4) is 0 Å². The molecule has 15 rings (SSSR count). The van der Waals surface area contributed by atoms with Crippen LogP contribution in [0.2, 0.25) is 0 Å². The molecule has 0 amide bonds. The Morgan fingerprint density at radius 1 is 0.331 bits per heavy atom. The van der Waals surface area contributed by atoms with Crippen LogP contribution in [0.25, 0.3) is 0 Å². The van der Waals surface area contributed by atoms with Gasteiger partial charge in [0.15, 0.2) is 0 Å². The van der Waals surface area contributed by atoms with E-state index in [0.717, 1.165) is 18.1 Å². The van der Waals surface area contributed by atoms with E-state index in [9.17, 15) is 73.5 Å². The number of hydrogen-bond donors (Lipinski definition) is 5. The zero-order valence-electron chi connectivity index (χ0n) is 127. The largest absolute Gasteiger partial charge is 0.462 e. The first-order valence-electron chi connectivity index (χ1n) is 72.8. The fraction of sp³-hybridized carbons (Fsp3) is 0.750. The maximum absolute atomic E-state index is 13.3. The molecule has 0 aromatic carbocycles. The Morgan fingerprint density at radius 2 is 0.552 bits per heavy atom. The summed E-state index contributed by atoms with van der Waals surface area (Å²) in [4.78, 5) is 125. The maximum Gasteiger partial charge on any atom is 0.308 e. The number of carbonyl (C=O) groups is 10. The Labute approximate surface area is 924 Å². The van der Waals surface area contributed by atoms with Crippen LogP contribution < -0.4 is 0 Å². The summed E-state index contributed by atoms with van der Waals surface area (Å²) in [7, 11) is 0. The smallest absolute Gasteiger partial charge is 0.308 e. The number of ether oxygens (including phenoxy) is 10. The highest BCUT2D eigenvalue weighted by atomic mass is 16.6. The van der Waals surface area contributed by atoms with Crippen molar-refractivity contribution in [3.05, 3.63) is 119 Å². The highest BCUT2D eigenvalue weighted by Crippen LogP contribution is 2.53. The topological polar surface area (TPSA) is 364 Å². The van der Waals surface area contributed by atoms with Crippen LogP contribution in [0.5, 0.6) is 0 Å². The number of aliphatic hydroxyl groups is 5. The lowest BCUT2D eigenvalue weighted by molar-refractivity contribution is -0.162. The number of allylic oxidation sites excluding steroid dienone is 15. The molecule has 40 atom stereocenters. The number of hydrogen-bond acceptors (Lipinski definition) is 25. The van der Waals surface area contributed by atoms with E-state index in [2.05, 4.69) is 6.92 Å². The minimum atomic E-state index is -3.48. The lowest BCUT2D eigenvalue weighted by Crippen LogP contribution is -2.42. The molecule has 5 heterocycles. The summed E-state index contributed by atoms with van der Waals surface area (Å²) in [6.45, 7) is -4.69.